The Hall–Kier alpha value is -6.51. The Bertz CT molecular complexity index is 3230. The van der Waals surface area contributed by atoms with Gasteiger partial charge in [0.2, 0.25) is 13.4 Å². The van der Waals surface area contributed by atoms with E-state index in [1.165, 1.54) is 123 Å². The minimum atomic E-state index is -0.166. The summed E-state index contributed by atoms with van der Waals surface area (Å²) in [7, 11) is 0. The summed E-state index contributed by atoms with van der Waals surface area (Å²) in [5, 5.41) is 0. The summed E-state index contributed by atoms with van der Waals surface area (Å²) in [6.07, 6.45) is 0. The van der Waals surface area contributed by atoms with Crippen LogP contribution in [0.3, 0.4) is 0 Å². The first-order valence-electron chi connectivity index (χ1n) is 28.8. The monoisotopic (exact) mass is 995 g/mol. The van der Waals surface area contributed by atoms with E-state index in [-0.39, 0.29) is 24.3 Å². The molecule has 0 saturated carbocycles. The lowest BCUT2D eigenvalue weighted by Gasteiger charge is -2.43. The molecule has 0 amide bonds. The first-order valence-corrected chi connectivity index (χ1v) is 28.8. The van der Waals surface area contributed by atoms with Gasteiger partial charge in [-0.2, -0.15) is 0 Å². The SMILES string of the molecule is CC(C)c1cc(C(C)C)c(B2c3ccc(N4c5ccccc5C(C)(C)c5ccccc54)cc3B(c3c(C(C)C)cc(C(C)C)cc3C(C)C)c3cc(N4c5ccccc5C(C)(C)c5ccccc54)ccc32)c(C(C)C)c1. The zero-order valence-corrected chi connectivity index (χ0v) is 48.5. The third-order valence-corrected chi connectivity index (χ3v) is 18.1. The number of rotatable bonds is 10. The number of nitrogens with zero attached hydrogens (tertiary/aromatic N) is 2. The Morgan fingerprint density at radius 1 is 0.303 bits per heavy atom. The van der Waals surface area contributed by atoms with E-state index in [0.29, 0.717) is 35.5 Å². The average molecular weight is 995 g/mol. The molecular formula is C72H80B2N2. The highest BCUT2D eigenvalue weighted by molar-refractivity contribution is 7.11. The molecule has 2 nitrogen and oxygen atoms in total. The van der Waals surface area contributed by atoms with Crippen molar-refractivity contribution in [1.29, 1.82) is 0 Å². The molecule has 0 atom stereocenters. The first-order chi connectivity index (χ1) is 36.2. The quantitative estimate of drug-likeness (QED) is 0.126. The van der Waals surface area contributed by atoms with Crippen LogP contribution in [0.25, 0.3) is 0 Å². The van der Waals surface area contributed by atoms with E-state index >= 15 is 0 Å². The third kappa shape index (κ3) is 8.14. The Morgan fingerprint density at radius 3 is 0.829 bits per heavy atom. The highest BCUT2D eigenvalue weighted by atomic mass is 15.2. The smallest absolute Gasteiger partial charge is 0.240 e. The second kappa shape index (κ2) is 19.2. The van der Waals surface area contributed by atoms with Crippen LogP contribution in [0.1, 0.15) is 202 Å². The normalized spacial score (nSPS) is 15.1. The predicted molar refractivity (Wildman–Crippen MR) is 333 cm³/mol. The second-order valence-electron chi connectivity index (χ2n) is 25.6. The lowest BCUT2D eigenvalue weighted by atomic mass is 9.20. The zero-order chi connectivity index (χ0) is 53.9. The zero-order valence-electron chi connectivity index (χ0n) is 48.5. The Kier molecular flexibility index (Phi) is 13.0. The molecule has 4 heteroatoms. The molecule has 8 aromatic rings. The van der Waals surface area contributed by atoms with E-state index in [4.69, 9.17) is 0 Å². The van der Waals surface area contributed by atoms with Crippen molar-refractivity contribution in [3.8, 4) is 0 Å². The van der Waals surface area contributed by atoms with Crippen LogP contribution in [0, 0.1) is 0 Å². The van der Waals surface area contributed by atoms with E-state index < -0.39 is 0 Å². The minimum absolute atomic E-state index is 0.0000212. The fourth-order valence-corrected chi connectivity index (χ4v) is 14.0. The summed E-state index contributed by atoms with van der Waals surface area (Å²) in [6.45, 7) is 38.4. The molecule has 0 spiro atoms. The maximum absolute atomic E-state index is 2.65. The van der Waals surface area contributed by atoms with Gasteiger partial charge in [0.25, 0.3) is 0 Å². The topological polar surface area (TPSA) is 6.48 Å². The molecule has 3 aliphatic rings. The highest BCUT2D eigenvalue weighted by Crippen LogP contribution is 2.53. The van der Waals surface area contributed by atoms with Crippen molar-refractivity contribution >= 4 is 80.3 Å². The van der Waals surface area contributed by atoms with E-state index in [9.17, 15) is 0 Å². The number of hydrogen-bond acceptors (Lipinski definition) is 2. The van der Waals surface area contributed by atoms with Crippen LogP contribution >= 0.6 is 0 Å². The third-order valence-electron chi connectivity index (χ3n) is 18.1. The van der Waals surface area contributed by atoms with Crippen LogP contribution in [0.15, 0.2) is 158 Å². The Balaban J connectivity index is 1.30. The van der Waals surface area contributed by atoms with Crippen molar-refractivity contribution in [3.05, 3.63) is 213 Å². The van der Waals surface area contributed by atoms with Crippen LogP contribution in [0.4, 0.5) is 34.1 Å². The van der Waals surface area contributed by atoms with Gasteiger partial charge < -0.3 is 9.80 Å². The molecule has 0 saturated heterocycles. The molecule has 3 aliphatic heterocycles. The Labute approximate surface area is 458 Å². The van der Waals surface area contributed by atoms with Crippen LogP contribution in [0.2, 0.25) is 0 Å². The summed E-state index contributed by atoms with van der Waals surface area (Å²) in [5.41, 5.74) is 29.8. The van der Waals surface area contributed by atoms with Gasteiger partial charge in [0.1, 0.15) is 0 Å². The van der Waals surface area contributed by atoms with E-state index in [2.05, 4.69) is 278 Å². The lowest BCUT2D eigenvalue weighted by Crippen LogP contribution is -2.76. The molecule has 0 unspecified atom stereocenters. The lowest BCUT2D eigenvalue weighted by molar-refractivity contribution is 0.632. The fraction of sp³-hybridized carbons (Fsp3) is 0.333. The van der Waals surface area contributed by atoms with Crippen LogP contribution in [0.5, 0.6) is 0 Å². The average Bonchev–Trinajstić information content (AvgIpc) is 3.47. The van der Waals surface area contributed by atoms with Crippen molar-refractivity contribution in [2.45, 2.75) is 157 Å². The molecule has 0 aromatic heterocycles. The van der Waals surface area contributed by atoms with Gasteiger partial charge in [-0.1, -0.05) is 253 Å². The first kappa shape index (κ1) is 51.6. The van der Waals surface area contributed by atoms with Crippen molar-refractivity contribution in [3.63, 3.8) is 0 Å². The molecule has 0 aliphatic carbocycles. The van der Waals surface area contributed by atoms with Gasteiger partial charge in [0, 0.05) is 22.2 Å². The molecule has 384 valence electrons. The molecule has 0 bridgehead atoms. The maximum atomic E-state index is 2.65. The molecule has 3 heterocycles. The number of para-hydroxylation sites is 4. The largest absolute Gasteiger partial charge is 0.310 e. The summed E-state index contributed by atoms with van der Waals surface area (Å²) < 4.78 is 0. The highest BCUT2D eigenvalue weighted by Gasteiger charge is 2.45. The van der Waals surface area contributed by atoms with Crippen LogP contribution in [-0.2, 0) is 10.8 Å². The fourth-order valence-electron chi connectivity index (χ4n) is 14.0. The van der Waals surface area contributed by atoms with Gasteiger partial charge in [-0.05, 0) is 140 Å². The van der Waals surface area contributed by atoms with E-state index in [1.807, 2.05) is 0 Å². The van der Waals surface area contributed by atoms with Gasteiger partial charge in [0.05, 0.1) is 22.7 Å². The van der Waals surface area contributed by atoms with Crippen molar-refractivity contribution in [1.82, 2.24) is 0 Å². The number of anilines is 6. The minimum Gasteiger partial charge on any atom is -0.310 e. The molecule has 76 heavy (non-hydrogen) atoms. The molecule has 0 fully saturated rings. The molecule has 11 rings (SSSR count). The van der Waals surface area contributed by atoms with Crippen molar-refractivity contribution in [2.24, 2.45) is 0 Å². The van der Waals surface area contributed by atoms with Gasteiger partial charge in [-0.3, -0.25) is 0 Å². The second-order valence-corrected chi connectivity index (χ2v) is 25.6. The summed E-state index contributed by atoms with van der Waals surface area (Å²) >= 11 is 0. The summed E-state index contributed by atoms with van der Waals surface area (Å²) in [4.78, 5) is 5.17. The van der Waals surface area contributed by atoms with Crippen molar-refractivity contribution in [2.75, 3.05) is 9.80 Å². The van der Waals surface area contributed by atoms with E-state index in [1.54, 1.807) is 0 Å². The standard InChI is InChI=1S/C72H80B2N2/c1-43(2)49-37-53(45(5)6)69(54(38-49)46(7)8)73-61-35-33-51(75-65-29-21-17-25-57(65)71(13,14)58-26-18-22-30-66(58)75)41-63(61)74(70-55(47(9)10)39-50(44(3)4)40-56(70)48(11)12)64-42-52(34-36-62(64)73)76-67-31-23-19-27-59(67)72(15,16)60-28-20-24-32-68(60)76/h17-48H,1-16H3. The van der Waals surface area contributed by atoms with Crippen LogP contribution < -0.4 is 42.6 Å². The predicted octanol–water partition coefficient (Wildman–Crippen LogP) is 16.0. The van der Waals surface area contributed by atoms with Crippen LogP contribution in [-0.4, -0.2) is 13.4 Å². The number of benzene rings is 8. The van der Waals surface area contributed by atoms with Gasteiger partial charge in [-0.15, -0.1) is 0 Å². The molecular weight excluding hydrogens is 914 g/mol. The van der Waals surface area contributed by atoms with Gasteiger partial charge >= 0.3 is 0 Å². The Morgan fingerprint density at radius 2 is 0.566 bits per heavy atom. The molecule has 0 radical (unpaired) electrons. The van der Waals surface area contributed by atoms with Crippen molar-refractivity contribution < 1.29 is 0 Å². The maximum Gasteiger partial charge on any atom is 0.240 e. The number of fused-ring (bicyclic) bond motifs is 6. The molecule has 0 N–H and O–H groups in total. The summed E-state index contributed by atoms with van der Waals surface area (Å²) in [5.74, 6) is 2.08. The van der Waals surface area contributed by atoms with Gasteiger partial charge in [0.15, 0.2) is 0 Å². The number of hydrogen-bond donors (Lipinski definition) is 0. The van der Waals surface area contributed by atoms with E-state index in [0.717, 1.165) is 0 Å². The summed E-state index contributed by atoms with van der Waals surface area (Å²) in [6, 6.07) is 62.3. The molecule has 8 aromatic carbocycles. The van der Waals surface area contributed by atoms with Gasteiger partial charge in [-0.25, -0.2) is 0 Å².